The lowest BCUT2D eigenvalue weighted by Gasteiger charge is -2.16. The fourth-order valence-corrected chi connectivity index (χ4v) is 3.41. The fraction of sp³-hybridized carbons (Fsp3) is 0.278. The van der Waals surface area contributed by atoms with E-state index in [9.17, 15) is 0 Å². The van der Waals surface area contributed by atoms with Gasteiger partial charge in [0.05, 0.1) is 0 Å². The van der Waals surface area contributed by atoms with Crippen molar-refractivity contribution in [2.24, 2.45) is 5.92 Å². The van der Waals surface area contributed by atoms with E-state index < -0.39 is 0 Å². The third-order valence-electron chi connectivity index (χ3n) is 3.41. The van der Waals surface area contributed by atoms with E-state index >= 15 is 0 Å². The number of thiocarbonyl (C=S) groups is 1. The topological polar surface area (TPSA) is 24.1 Å². The summed E-state index contributed by atoms with van der Waals surface area (Å²) < 4.78 is 0. The van der Waals surface area contributed by atoms with Crippen LogP contribution in [0.25, 0.3) is 0 Å². The molecule has 0 aromatic heterocycles. The monoisotopic (exact) mass is 398 g/mol. The van der Waals surface area contributed by atoms with Crippen LogP contribution in [0.4, 0.5) is 5.69 Å². The quantitative estimate of drug-likeness (QED) is 0.458. The maximum Gasteiger partial charge on any atom is 0.170 e. The fourth-order valence-electron chi connectivity index (χ4n) is 1.99. The van der Waals surface area contributed by atoms with Crippen LogP contribution < -0.4 is 10.6 Å². The molecule has 2 nitrogen and oxygen atoms in total. The van der Waals surface area contributed by atoms with Crippen LogP contribution in [0.2, 0.25) is 10.0 Å². The van der Waals surface area contributed by atoms with Gasteiger partial charge in [0.2, 0.25) is 0 Å². The second-order valence-corrected chi connectivity index (χ2v) is 8.04. The van der Waals surface area contributed by atoms with Gasteiger partial charge in [-0.25, -0.2) is 0 Å². The first kappa shape index (κ1) is 19.4. The van der Waals surface area contributed by atoms with Gasteiger partial charge < -0.3 is 10.6 Å². The first-order valence-corrected chi connectivity index (χ1v) is 9.78. The lowest BCUT2D eigenvalue weighted by atomic mass is 10.2. The smallest absolute Gasteiger partial charge is 0.170 e. The van der Waals surface area contributed by atoms with Crippen LogP contribution in [0.5, 0.6) is 0 Å². The van der Waals surface area contributed by atoms with Crippen molar-refractivity contribution in [3.8, 4) is 0 Å². The van der Waals surface area contributed by atoms with E-state index in [4.69, 9.17) is 35.4 Å². The van der Waals surface area contributed by atoms with Crippen molar-refractivity contribution in [3.05, 3.63) is 58.1 Å². The highest BCUT2D eigenvalue weighted by Crippen LogP contribution is 2.22. The molecule has 0 aliphatic carbocycles. The van der Waals surface area contributed by atoms with Gasteiger partial charge in [0.25, 0.3) is 0 Å². The van der Waals surface area contributed by atoms with Gasteiger partial charge in [0.15, 0.2) is 5.11 Å². The molecule has 2 N–H and O–H groups in total. The van der Waals surface area contributed by atoms with Crippen LogP contribution in [-0.4, -0.2) is 17.4 Å². The standard InChI is InChI=1S/C18H20Cl2N2S2/c1-12(11-24-16-7-5-14(19)6-8-16)10-21-18(23)22-17-9-15(20)4-3-13(17)2/h3-9,12H,10-11H2,1-2H3,(H2,21,22,23). The lowest BCUT2D eigenvalue weighted by Crippen LogP contribution is -2.32. The van der Waals surface area contributed by atoms with E-state index in [0.717, 1.165) is 28.6 Å². The van der Waals surface area contributed by atoms with Crippen molar-refractivity contribution in [3.63, 3.8) is 0 Å². The number of halogens is 2. The van der Waals surface area contributed by atoms with E-state index in [1.54, 1.807) is 0 Å². The Bertz CT molecular complexity index is 690. The van der Waals surface area contributed by atoms with E-state index in [2.05, 4.69) is 17.6 Å². The Balaban J connectivity index is 1.74. The van der Waals surface area contributed by atoms with Crippen LogP contribution >= 0.6 is 47.2 Å². The Morgan fingerprint density at radius 2 is 1.79 bits per heavy atom. The highest BCUT2D eigenvalue weighted by molar-refractivity contribution is 7.99. The van der Waals surface area contributed by atoms with Gasteiger partial charge in [-0.3, -0.25) is 0 Å². The summed E-state index contributed by atoms with van der Waals surface area (Å²) in [7, 11) is 0. The molecule has 0 amide bonds. The second-order valence-electron chi connectivity index (χ2n) is 5.66. The van der Waals surface area contributed by atoms with Crippen LogP contribution in [0.15, 0.2) is 47.4 Å². The minimum atomic E-state index is 0.478. The van der Waals surface area contributed by atoms with E-state index in [0.29, 0.717) is 16.1 Å². The Labute approximate surface area is 163 Å². The molecule has 0 aliphatic rings. The molecule has 2 aromatic carbocycles. The predicted molar refractivity (Wildman–Crippen MR) is 112 cm³/mol. The number of anilines is 1. The highest BCUT2D eigenvalue weighted by atomic mass is 35.5. The number of nitrogens with one attached hydrogen (secondary N) is 2. The van der Waals surface area contributed by atoms with E-state index in [-0.39, 0.29) is 0 Å². The molecule has 2 aromatic rings. The lowest BCUT2D eigenvalue weighted by molar-refractivity contribution is 0.637. The zero-order valence-electron chi connectivity index (χ0n) is 13.6. The number of benzene rings is 2. The number of hydrogen-bond acceptors (Lipinski definition) is 2. The summed E-state index contributed by atoms with van der Waals surface area (Å²) in [6.45, 7) is 5.03. The van der Waals surface area contributed by atoms with Crippen molar-refractivity contribution in [1.29, 1.82) is 0 Å². The Morgan fingerprint density at radius 3 is 2.50 bits per heavy atom. The Kier molecular flexibility index (Phi) is 7.69. The summed E-state index contributed by atoms with van der Waals surface area (Å²) in [5.41, 5.74) is 2.04. The molecule has 0 saturated carbocycles. The normalized spacial score (nSPS) is 11.8. The summed E-state index contributed by atoms with van der Waals surface area (Å²) >= 11 is 19.1. The molecule has 1 atom stereocenters. The van der Waals surface area contributed by atoms with Gasteiger partial charge in [0.1, 0.15) is 0 Å². The minimum Gasteiger partial charge on any atom is -0.362 e. The van der Waals surface area contributed by atoms with Crippen LogP contribution in [0.1, 0.15) is 12.5 Å². The summed E-state index contributed by atoms with van der Waals surface area (Å²) in [4.78, 5) is 1.22. The van der Waals surface area contributed by atoms with Crippen molar-refractivity contribution < 1.29 is 0 Å². The predicted octanol–water partition coefficient (Wildman–Crippen LogP) is 6.02. The molecule has 1 unspecified atom stereocenters. The molecule has 0 radical (unpaired) electrons. The first-order chi connectivity index (χ1) is 11.4. The molecule has 0 spiro atoms. The molecule has 6 heteroatoms. The largest absolute Gasteiger partial charge is 0.362 e. The zero-order valence-corrected chi connectivity index (χ0v) is 16.8. The van der Waals surface area contributed by atoms with Gasteiger partial charge in [0, 0.05) is 32.9 Å². The first-order valence-electron chi connectivity index (χ1n) is 7.63. The Hall–Kier alpha value is -0.940. The summed E-state index contributed by atoms with van der Waals surface area (Å²) in [6.07, 6.45) is 0. The van der Waals surface area contributed by atoms with Crippen LogP contribution in [-0.2, 0) is 0 Å². The third-order valence-corrected chi connectivity index (χ3v) is 5.48. The molecule has 0 saturated heterocycles. The average Bonchev–Trinajstić information content (AvgIpc) is 2.56. The average molecular weight is 399 g/mol. The van der Waals surface area contributed by atoms with E-state index in [1.165, 1.54) is 4.90 Å². The van der Waals surface area contributed by atoms with Crippen LogP contribution in [0, 0.1) is 12.8 Å². The maximum absolute atomic E-state index is 6.02. The second kappa shape index (κ2) is 9.52. The molecule has 0 fully saturated rings. The number of thioether (sulfide) groups is 1. The van der Waals surface area contributed by atoms with Gasteiger partial charge >= 0.3 is 0 Å². The van der Waals surface area contributed by atoms with Crippen molar-refractivity contribution in [1.82, 2.24) is 5.32 Å². The molecule has 0 aliphatic heterocycles. The van der Waals surface area contributed by atoms with Crippen molar-refractivity contribution >= 4 is 58.0 Å². The highest BCUT2D eigenvalue weighted by Gasteiger charge is 2.06. The van der Waals surface area contributed by atoms with Crippen molar-refractivity contribution in [2.45, 2.75) is 18.7 Å². The molecule has 24 heavy (non-hydrogen) atoms. The van der Waals surface area contributed by atoms with E-state index in [1.807, 2.05) is 61.2 Å². The van der Waals surface area contributed by atoms with Crippen LogP contribution in [0.3, 0.4) is 0 Å². The molecular formula is C18H20Cl2N2S2. The summed E-state index contributed by atoms with van der Waals surface area (Å²) in [6, 6.07) is 13.6. The number of aryl methyl sites for hydroxylation is 1. The molecule has 0 heterocycles. The third kappa shape index (κ3) is 6.52. The SMILES string of the molecule is Cc1ccc(Cl)cc1NC(=S)NCC(C)CSc1ccc(Cl)cc1. The molecule has 128 valence electrons. The van der Waals surface area contributed by atoms with Gasteiger partial charge in [-0.05, 0) is 67.0 Å². The zero-order chi connectivity index (χ0) is 17.5. The van der Waals surface area contributed by atoms with Gasteiger partial charge in [-0.2, -0.15) is 0 Å². The molecular weight excluding hydrogens is 379 g/mol. The number of hydrogen-bond donors (Lipinski definition) is 2. The molecule has 2 rings (SSSR count). The van der Waals surface area contributed by atoms with Gasteiger partial charge in [-0.15, -0.1) is 11.8 Å². The maximum atomic E-state index is 6.02. The van der Waals surface area contributed by atoms with Crippen molar-refractivity contribution in [2.75, 3.05) is 17.6 Å². The minimum absolute atomic E-state index is 0.478. The van der Waals surface area contributed by atoms with Gasteiger partial charge in [-0.1, -0.05) is 36.2 Å². The summed E-state index contributed by atoms with van der Waals surface area (Å²) in [5.74, 6) is 1.49. The molecule has 0 bridgehead atoms. The Morgan fingerprint density at radius 1 is 1.12 bits per heavy atom. The number of rotatable bonds is 6. The summed E-state index contributed by atoms with van der Waals surface area (Å²) in [5, 5.41) is 8.54.